The normalized spacial score (nSPS) is 15.9. The molecule has 2 aromatic carbocycles. The monoisotopic (exact) mass is 405 g/mol. The van der Waals surface area contributed by atoms with Gasteiger partial charge in [-0.15, -0.1) is 11.3 Å². The summed E-state index contributed by atoms with van der Waals surface area (Å²) in [6.07, 6.45) is 0. The third-order valence-electron chi connectivity index (χ3n) is 5.30. The van der Waals surface area contributed by atoms with Gasteiger partial charge in [0.15, 0.2) is 0 Å². The van der Waals surface area contributed by atoms with Crippen LogP contribution in [0.25, 0.3) is 21.6 Å². The molecule has 0 aliphatic carbocycles. The first-order valence-corrected chi connectivity index (χ1v) is 10.7. The SMILES string of the molecule is Cc1ccc(-c2noc(CN3CCN(Cc4nc5ccccc5s4)CC3)n2)cc1. The van der Waals surface area contributed by atoms with E-state index in [1.807, 2.05) is 18.2 Å². The zero-order chi connectivity index (χ0) is 19.6. The first-order chi connectivity index (χ1) is 14.2. The zero-order valence-corrected chi connectivity index (χ0v) is 17.2. The van der Waals surface area contributed by atoms with Crippen molar-refractivity contribution in [3.8, 4) is 11.4 Å². The van der Waals surface area contributed by atoms with E-state index in [2.05, 4.69) is 57.2 Å². The van der Waals surface area contributed by atoms with Gasteiger partial charge in [0.1, 0.15) is 5.01 Å². The molecular weight excluding hydrogens is 382 g/mol. The van der Waals surface area contributed by atoms with E-state index in [4.69, 9.17) is 9.51 Å². The number of thiazole rings is 1. The van der Waals surface area contributed by atoms with Crippen molar-refractivity contribution < 1.29 is 4.52 Å². The minimum absolute atomic E-state index is 0.662. The summed E-state index contributed by atoms with van der Waals surface area (Å²) in [5.74, 6) is 1.34. The average Bonchev–Trinajstić information content (AvgIpc) is 3.36. The van der Waals surface area contributed by atoms with E-state index in [-0.39, 0.29) is 0 Å². The fourth-order valence-corrected chi connectivity index (χ4v) is 4.62. The van der Waals surface area contributed by atoms with Gasteiger partial charge >= 0.3 is 0 Å². The largest absolute Gasteiger partial charge is 0.338 e. The molecular formula is C22H23N5OS. The van der Waals surface area contributed by atoms with Gasteiger partial charge in [-0.1, -0.05) is 47.1 Å². The molecule has 0 radical (unpaired) electrons. The Hall–Kier alpha value is -2.61. The molecule has 0 amide bonds. The van der Waals surface area contributed by atoms with Crippen LogP contribution in [0.15, 0.2) is 53.1 Å². The predicted molar refractivity (Wildman–Crippen MR) is 115 cm³/mol. The Morgan fingerprint density at radius 3 is 2.38 bits per heavy atom. The minimum atomic E-state index is 0.662. The Kier molecular flexibility index (Phi) is 5.10. The molecule has 29 heavy (non-hydrogen) atoms. The highest BCUT2D eigenvalue weighted by Crippen LogP contribution is 2.23. The van der Waals surface area contributed by atoms with Crippen LogP contribution in [0.4, 0.5) is 0 Å². The summed E-state index contributed by atoms with van der Waals surface area (Å²) < 4.78 is 6.75. The lowest BCUT2D eigenvalue weighted by Crippen LogP contribution is -2.45. The topological polar surface area (TPSA) is 58.3 Å². The van der Waals surface area contributed by atoms with Gasteiger partial charge in [-0.3, -0.25) is 9.80 Å². The highest BCUT2D eigenvalue weighted by Gasteiger charge is 2.20. The smallest absolute Gasteiger partial charge is 0.241 e. The van der Waals surface area contributed by atoms with Gasteiger partial charge in [0.25, 0.3) is 0 Å². The maximum atomic E-state index is 5.48. The Morgan fingerprint density at radius 2 is 1.62 bits per heavy atom. The third-order valence-corrected chi connectivity index (χ3v) is 6.32. The van der Waals surface area contributed by atoms with Crippen molar-refractivity contribution in [2.24, 2.45) is 0 Å². The molecule has 0 N–H and O–H groups in total. The molecule has 3 heterocycles. The maximum Gasteiger partial charge on any atom is 0.241 e. The van der Waals surface area contributed by atoms with Gasteiger partial charge in [0, 0.05) is 31.7 Å². The van der Waals surface area contributed by atoms with E-state index < -0.39 is 0 Å². The predicted octanol–water partition coefficient (Wildman–Crippen LogP) is 3.97. The van der Waals surface area contributed by atoms with Crippen LogP contribution < -0.4 is 0 Å². The van der Waals surface area contributed by atoms with Crippen molar-refractivity contribution >= 4 is 21.6 Å². The van der Waals surface area contributed by atoms with E-state index in [9.17, 15) is 0 Å². The molecule has 1 saturated heterocycles. The summed E-state index contributed by atoms with van der Waals surface area (Å²) in [7, 11) is 0. The molecule has 1 fully saturated rings. The molecule has 0 bridgehead atoms. The van der Waals surface area contributed by atoms with Crippen LogP contribution in [0, 0.1) is 6.92 Å². The molecule has 5 rings (SSSR count). The molecule has 4 aromatic rings. The average molecular weight is 406 g/mol. The fraction of sp³-hybridized carbons (Fsp3) is 0.318. The number of piperazine rings is 1. The molecule has 7 heteroatoms. The van der Waals surface area contributed by atoms with Gasteiger partial charge in [0.2, 0.25) is 11.7 Å². The first kappa shape index (κ1) is 18.4. The van der Waals surface area contributed by atoms with E-state index in [1.165, 1.54) is 15.3 Å². The van der Waals surface area contributed by atoms with Crippen molar-refractivity contribution in [1.29, 1.82) is 0 Å². The second-order valence-corrected chi connectivity index (χ2v) is 8.62. The number of aryl methyl sites for hydroxylation is 1. The van der Waals surface area contributed by atoms with Crippen molar-refractivity contribution in [3.05, 3.63) is 65.0 Å². The maximum absolute atomic E-state index is 5.48. The molecule has 148 valence electrons. The van der Waals surface area contributed by atoms with Crippen LogP contribution in [-0.4, -0.2) is 51.1 Å². The summed E-state index contributed by atoms with van der Waals surface area (Å²) in [5.41, 5.74) is 3.32. The molecule has 6 nitrogen and oxygen atoms in total. The second-order valence-electron chi connectivity index (χ2n) is 7.51. The Bertz CT molecular complexity index is 1060. The van der Waals surface area contributed by atoms with Gasteiger partial charge in [-0.2, -0.15) is 4.98 Å². The lowest BCUT2D eigenvalue weighted by molar-refractivity contribution is 0.112. The number of fused-ring (bicyclic) bond motifs is 1. The van der Waals surface area contributed by atoms with Gasteiger partial charge in [0.05, 0.1) is 23.3 Å². The van der Waals surface area contributed by atoms with Crippen LogP contribution in [0.5, 0.6) is 0 Å². The van der Waals surface area contributed by atoms with E-state index >= 15 is 0 Å². The van der Waals surface area contributed by atoms with E-state index in [0.29, 0.717) is 18.3 Å². The lowest BCUT2D eigenvalue weighted by atomic mass is 10.1. The van der Waals surface area contributed by atoms with Crippen LogP contribution in [0.1, 0.15) is 16.5 Å². The number of hydrogen-bond acceptors (Lipinski definition) is 7. The highest BCUT2D eigenvalue weighted by molar-refractivity contribution is 7.18. The molecule has 1 aliphatic rings. The third kappa shape index (κ3) is 4.22. The molecule has 0 unspecified atom stereocenters. The van der Waals surface area contributed by atoms with Gasteiger partial charge in [-0.05, 0) is 19.1 Å². The number of hydrogen-bond donors (Lipinski definition) is 0. The Morgan fingerprint density at radius 1 is 0.897 bits per heavy atom. The highest BCUT2D eigenvalue weighted by atomic mass is 32.1. The first-order valence-electron chi connectivity index (χ1n) is 9.92. The molecule has 0 saturated carbocycles. The van der Waals surface area contributed by atoms with Gasteiger partial charge < -0.3 is 4.52 Å². The number of nitrogens with zero attached hydrogens (tertiary/aromatic N) is 5. The van der Waals surface area contributed by atoms with Crippen molar-refractivity contribution in [3.63, 3.8) is 0 Å². The van der Waals surface area contributed by atoms with Crippen LogP contribution in [0.2, 0.25) is 0 Å². The van der Waals surface area contributed by atoms with Crippen LogP contribution >= 0.6 is 11.3 Å². The second kappa shape index (κ2) is 8.02. The van der Waals surface area contributed by atoms with Gasteiger partial charge in [-0.25, -0.2) is 4.98 Å². The lowest BCUT2D eigenvalue weighted by Gasteiger charge is -2.33. The van der Waals surface area contributed by atoms with Crippen molar-refractivity contribution in [2.75, 3.05) is 26.2 Å². The summed E-state index contributed by atoms with van der Waals surface area (Å²) in [5, 5.41) is 5.34. The summed E-state index contributed by atoms with van der Waals surface area (Å²) in [6.45, 7) is 7.73. The minimum Gasteiger partial charge on any atom is -0.338 e. The van der Waals surface area contributed by atoms with E-state index in [0.717, 1.165) is 43.8 Å². The van der Waals surface area contributed by atoms with E-state index in [1.54, 1.807) is 11.3 Å². The van der Waals surface area contributed by atoms with Crippen LogP contribution in [0.3, 0.4) is 0 Å². The number of aromatic nitrogens is 3. The number of benzene rings is 2. The summed E-state index contributed by atoms with van der Waals surface area (Å²) >= 11 is 1.80. The number of rotatable bonds is 5. The Labute approximate surface area is 173 Å². The van der Waals surface area contributed by atoms with Crippen molar-refractivity contribution in [2.45, 2.75) is 20.0 Å². The summed E-state index contributed by atoms with van der Waals surface area (Å²) in [6, 6.07) is 16.5. The van der Waals surface area contributed by atoms with Crippen molar-refractivity contribution in [1.82, 2.24) is 24.9 Å². The van der Waals surface area contributed by atoms with Crippen LogP contribution in [-0.2, 0) is 13.1 Å². The molecule has 0 spiro atoms. The standard InChI is InChI=1S/C22H23N5OS/c1-16-6-8-17(9-7-16)22-24-20(28-25-22)14-26-10-12-27(13-11-26)15-21-23-18-4-2-3-5-19(18)29-21/h2-9H,10-15H2,1H3. The molecule has 0 atom stereocenters. The summed E-state index contributed by atoms with van der Waals surface area (Å²) in [4.78, 5) is 14.2. The molecule has 2 aromatic heterocycles. The number of para-hydroxylation sites is 1. The molecule has 1 aliphatic heterocycles. The zero-order valence-electron chi connectivity index (χ0n) is 16.4. The quantitative estimate of drug-likeness (QED) is 0.501. The Balaban J connectivity index is 1.15. The fourth-order valence-electron chi connectivity index (χ4n) is 3.61.